The molecule has 6 nitrogen and oxygen atoms in total. The number of hydrogen-bond acceptors (Lipinski definition) is 6. The van der Waals surface area contributed by atoms with E-state index < -0.39 is 5.82 Å². The zero-order valence-electron chi connectivity index (χ0n) is 15.7. The van der Waals surface area contributed by atoms with Crippen LogP contribution in [0.5, 0.6) is 0 Å². The molecule has 2 aromatic carbocycles. The van der Waals surface area contributed by atoms with Crippen LogP contribution in [0.3, 0.4) is 0 Å². The molecule has 0 saturated heterocycles. The van der Waals surface area contributed by atoms with Crippen LogP contribution in [0.2, 0.25) is 5.02 Å². The summed E-state index contributed by atoms with van der Waals surface area (Å²) < 4.78 is 14.1. The lowest BCUT2D eigenvalue weighted by Crippen LogP contribution is -2.10. The predicted octanol–water partition coefficient (Wildman–Crippen LogP) is 4.59. The number of hydrogen-bond donors (Lipinski definition) is 2. The molecule has 0 saturated carbocycles. The fraction of sp³-hybridized carbons (Fsp3) is 0.0909. The molecule has 148 valence electrons. The van der Waals surface area contributed by atoms with E-state index in [4.69, 9.17) is 17.3 Å². The molecule has 0 atom stereocenters. The summed E-state index contributed by atoms with van der Waals surface area (Å²) in [6.45, 7) is 0.460. The highest BCUT2D eigenvalue weighted by Crippen LogP contribution is 2.35. The fourth-order valence-corrected chi connectivity index (χ4v) is 3.62. The lowest BCUT2D eigenvalue weighted by atomic mass is 9.95. The number of benzene rings is 2. The first-order valence-electron chi connectivity index (χ1n) is 9.15. The highest BCUT2D eigenvalue weighted by molar-refractivity contribution is 6.35. The quantitative estimate of drug-likeness (QED) is 0.491. The molecule has 0 bridgehead atoms. The van der Waals surface area contributed by atoms with Gasteiger partial charge in [-0.3, -0.25) is 4.98 Å². The molecule has 0 aliphatic rings. The van der Waals surface area contributed by atoms with Gasteiger partial charge >= 0.3 is 0 Å². The van der Waals surface area contributed by atoms with Crippen molar-refractivity contribution in [1.82, 2.24) is 15.0 Å². The zero-order chi connectivity index (χ0) is 21.1. The van der Waals surface area contributed by atoms with Crippen molar-refractivity contribution in [3.8, 4) is 17.2 Å². The number of nitrogens with two attached hydrogens (primary N) is 1. The molecule has 4 rings (SSSR count). The number of aromatic nitrogens is 3. The van der Waals surface area contributed by atoms with Crippen LogP contribution in [0, 0.1) is 17.1 Å². The van der Waals surface area contributed by atoms with Gasteiger partial charge in [-0.25, -0.2) is 14.4 Å². The first-order valence-corrected chi connectivity index (χ1v) is 9.52. The number of nitrogens with zero attached hydrogens (tertiary/aromatic N) is 4. The maximum absolute atomic E-state index is 14.1. The summed E-state index contributed by atoms with van der Waals surface area (Å²) in [5, 5.41) is 13.3. The molecular weight excluding hydrogens is 403 g/mol. The van der Waals surface area contributed by atoms with Gasteiger partial charge in [0.15, 0.2) is 0 Å². The normalized spacial score (nSPS) is 10.7. The largest absolute Gasteiger partial charge is 0.382 e. The number of anilines is 2. The van der Waals surface area contributed by atoms with E-state index >= 15 is 0 Å². The van der Waals surface area contributed by atoms with E-state index in [9.17, 15) is 9.65 Å². The van der Waals surface area contributed by atoms with Crippen molar-refractivity contribution < 1.29 is 4.39 Å². The molecule has 2 aromatic heterocycles. The highest BCUT2D eigenvalue weighted by atomic mass is 35.5. The Morgan fingerprint density at radius 2 is 1.93 bits per heavy atom. The number of pyridine rings is 1. The lowest BCUT2D eigenvalue weighted by Gasteiger charge is -2.15. The molecule has 2 heterocycles. The molecule has 8 heteroatoms. The lowest BCUT2D eigenvalue weighted by molar-refractivity contribution is 0.629. The van der Waals surface area contributed by atoms with Gasteiger partial charge in [-0.1, -0.05) is 41.9 Å². The molecular formula is C22H16ClFN6. The Hall–Kier alpha value is -3.76. The summed E-state index contributed by atoms with van der Waals surface area (Å²) in [5.74, 6) is 0.0726. The molecule has 0 radical (unpaired) electrons. The van der Waals surface area contributed by atoms with Crippen LogP contribution < -0.4 is 11.1 Å². The second-order valence-electron chi connectivity index (χ2n) is 6.58. The van der Waals surface area contributed by atoms with Crippen LogP contribution in [0.4, 0.5) is 16.0 Å². The minimum atomic E-state index is -0.420. The zero-order valence-corrected chi connectivity index (χ0v) is 16.5. The summed E-state index contributed by atoms with van der Waals surface area (Å²) in [6, 6.07) is 14.4. The Morgan fingerprint density at radius 1 is 1.13 bits per heavy atom. The van der Waals surface area contributed by atoms with Gasteiger partial charge in [0.2, 0.25) is 0 Å². The van der Waals surface area contributed by atoms with Gasteiger partial charge in [-0.15, -0.1) is 0 Å². The summed E-state index contributed by atoms with van der Waals surface area (Å²) in [4.78, 5) is 12.4. The maximum atomic E-state index is 14.1. The first kappa shape index (κ1) is 19.6. The van der Waals surface area contributed by atoms with Gasteiger partial charge in [-0.2, -0.15) is 5.26 Å². The van der Waals surface area contributed by atoms with Gasteiger partial charge in [0, 0.05) is 18.1 Å². The van der Waals surface area contributed by atoms with E-state index in [1.807, 2.05) is 36.4 Å². The Bertz CT molecular complexity index is 1270. The predicted molar refractivity (Wildman–Crippen MR) is 116 cm³/mol. The van der Waals surface area contributed by atoms with Crippen molar-refractivity contribution in [2.75, 3.05) is 17.6 Å². The number of nitrogens with one attached hydrogen (secondary N) is 1. The molecule has 0 unspecified atom stereocenters. The Kier molecular flexibility index (Phi) is 5.42. The van der Waals surface area contributed by atoms with E-state index in [2.05, 4.69) is 20.3 Å². The number of rotatable bonds is 5. The minimum Gasteiger partial charge on any atom is -0.382 e. The number of fused-ring (bicyclic) bond motifs is 1. The topological polar surface area (TPSA) is 101 Å². The number of nitriles is 1. The molecule has 0 fully saturated rings. The molecule has 0 aliphatic carbocycles. The van der Waals surface area contributed by atoms with Gasteiger partial charge < -0.3 is 11.1 Å². The Morgan fingerprint density at radius 3 is 2.70 bits per heavy atom. The minimum absolute atomic E-state index is 0.123. The molecule has 0 amide bonds. The van der Waals surface area contributed by atoms with E-state index in [-0.39, 0.29) is 16.4 Å². The van der Waals surface area contributed by atoms with E-state index in [1.54, 1.807) is 6.20 Å². The second-order valence-corrected chi connectivity index (χ2v) is 6.99. The smallest absolute Gasteiger partial charge is 0.149 e. The van der Waals surface area contributed by atoms with E-state index in [0.29, 0.717) is 29.7 Å². The number of halogens is 2. The third kappa shape index (κ3) is 3.73. The fourth-order valence-electron chi connectivity index (χ4n) is 3.36. The van der Waals surface area contributed by atoms with Crippen molar-refractivity contribution in [2.24, 2.45) is 0 Å². The summed E-state index contributed by atoms with van der Waals surface area (Å²) in [5.41, 5.74) is 9.19. The molecule has 4 aromatic rings. The monoisotopic (exact) mass is 418 g/mol. The average Bonchev–Trinajstić information content (AvgIpc) is 2.74. The van der Waals surface area contributed by atoms with E-state index in [0.717, 1.165) is 16.7 Å². The van der Waals surface area contributed by atoms with E-state index in [1.165, 1.54) is 18.5 Å². The summed E-state index contributed by atoms with van der Waals surface area (Å²) in [7, 11) is 0. The van der Waals surface area contributed by atoms with Gasteiger partial charge in [0.25, 0.3) is 0 Å². The third-order valence-corrected chi connectivity index (χ3v) is 4.99. The standard InChI is InChI=1S/C22H16ClFN6/c23-18-9-15(24)8-16-19(13-4-2-1-3-5-13)14(11-28-20(16)18)6-7-27-22-17(10-25)21(26)29-12-30-22/h1-5,8-9,11-12H,6-7H2,(H3,26,27,29,30). The van der Waals surface area contributed by atoms with Crippen molar-refractivity contribution in [3.63, 3.8) is 0 Å². The van der Waals surface area contributed by atoms with Crippen LogP contribution in [0.25, 0.3) is 22.0 Å². The molecule has 0 spiro atoms. The Balaban J connectivity index is 1.73. The van der Waals surface area contributed by atoms with Gasteiger partial charge in [0.1, 0.15) is 35.4 Å². The van der Waals surface area contributed by atoms with Crippen molar-refractivity contribution in [2.45, 2.75) is 6.42 Å². The van der Waals surface area contributed by atoms with Gasteiger partial charge in [-0.05, 0) is 35.2 Å². The first-order chi connectivity index (χ1) is 14.6. The van der Waals surface area contributed by atoms with Crippen molar-refractivity contribution in [1.29, 1.82) is 5.26 Å². The average molecular weight is 419 g/mol. The van der Waals surface area contributed by atoms with Gasteiger partial charge in [0.05, 0.1) is 10.5 Å². The van der Waals surface area contributed by atoms with Crippen LogP contribution in [0.1, 0.15) is 11.1 Å². The van der Waals surface area contributed by atoms with Crippen LogP contribution in [0.15, 0.2) is 55.0 Å². The van der Waals surface area contributed by atoms with Crippen LogP contribution in [-0.4, -0.2) is 21.5 Å². The van der Waals surface area contributed by atoms with Crippen LogP contribution >= 0.6 is 11.6 Å². The Labute approximate surface area is 177 Å². The van der Waals surface area contributed by atoms with Crippen molar-refractivity contribution in [3.05, 3.63) is 77.0 Å². The molecule has 30 heavy (non-hydrogen) atoms. The SMILES string of the molecule is N#Cc1c(N)ncnc1NCCc1cnc2c(Cl)cc(F)cc2c1-c1ccccc1. The number of nitrogen functional groups attached to an aromatic ring is 1. The van der Waals surface area contributed by atoms with Crippen LogP contribution in [-0.2, 0) is 6.42 Å². The maximum Gasteiger partial charge on any atom is 0.149 e. The summed E-state index contributed by atoms with van der Waals surface area (Å²) >= 11 is 6.24. The summed E-state index contributed by atoms with van der Waals surface area (Å²) in [6.07, 6.45) is 3.60. The third-order valence-electron chi connectivity index (χ3n) is 4.71. The molecule has 3 N–H and O–H groups in total. The molecule has 0 aliphatic heterocycles. The van der Waals surface area contributed by atoms with Crippen molar-refractivity contribution >= 4 is 34.1 Å². The highest BCUT2D eigenvalue weighted by Gasteiger charge is 2.15. The second kappa shape index (κ2) is 8.31.